The molecule has 0 saturated carbocycles. The van der Waals surface area contributed by atoms with Crippen LogP contribution >= 0.6 is 0 Å². The molecule has 0 atom stereocenters. The summed E-state index contributed by atoms with van der Waals surface area (Å²) in [5.41, 5.74) is -0.404. The van der Waals surface area contributed by atoms with E-state index in [9.17, 15) is 4.79 Å². The number of hydrogen-bond acceptors (Lipinski definition) is 3. The molecule has 19 heavy (non-hydrogen) atoms. The molecule has 0 aromatic rings. The zero-order valence-electron chi connectivity index (χ0n) is 12.8. The van der Waals surface area contributed by atoms with Crippen LogP contribution in [0.3, 0.4) is 0 Å². The molecule has 1 amide bonds. The van der Waals surface area contributed by atoms with Crippen LogP contribution in [0, 0.1) is 0 Å². The van der Waals surface area contributed by atoms with Gasteiger partial charge in [-0.05, 0) is 53.1 Å². The van der Waals surface area contributed by atoms with E-state index in [2.05, 4.69) is 5.32 Å². The zero-order valence-corrected chi connectivity index (χ0v) is 12.8. The summed E-state index contributed by atoms with van der Waals surface area (Å²) in [5.74, 6) is 0. The van der Waals surface area contributed by atoms with Crippen LogP contribution in [0.2, 0.25) is 0 Å². The van der Waals surface area contributed by atoms with Crippen molar-refractivity contribution >= 4 is 6.09 Å². The maximum Gasteiger partial charge on any atom is 0.410 e. The van der Waals surface area contributed by atoms with Crippen molar-refractivity contribution in [3.63, 3.8) is 0 Å². The van der Waals surface area contributed by atoms with Gasteiger partial charge >= 0.3 is 6.09 Å². The number of amides is 1. The first-order valence-electron chi connectivity index (χ1n) is 7.68. The van der Waals surface area contributed by atoms with E-state index in [-0.39, 0.29) is 6.09 Å². The standard InChI is InChI=1S/C15H30N2O2/c1-15(2,3)19-14(18)17-12-8-6-4-5-7-10-16-11-9-13-17/h16H,4-13H2,1-3H3. The summed E-state index contributed by atoms with van der Waals surface area (Å²) >= 11 is 0. The quantitative estimate of drug-likeness (QED) is 0.735. The van der Waals surface area contributed by atoms with Crippen LogP contribution in [0.15, 0.2) is 0 Å². The van der Waals surface area contributed by atoms with E-state index in [1.165, 1.54) is 25.7 Å². The normalized spacial score (nSPS) is 20.3. The van der Waals surface area contributed by atoms with Gasteiger partial charge in [0.15, 0.2) is 0 Å². The molecule has 0 aromatic carbocycles. The topological polar surface area (TPSA) is 41.6 Å². The predicted molar refractivity (Wildman–Crippen MR) is 78.4 cm³/mol. The lowest BCUT2D eigenvalue weighted by atomic mass is 10.1. The number of rotatable bonds is 0. The van der Waals surface area contributed by atoms with Gasteiger partial charge in [-0.25, -0.2) is 4.79 Å². The molecule has 1 rings (SSSR count). The Morgan fingerprint density at radius 2 is 1.53 bits per heavy atom. The van der Waals surface area contributed by atoms with Gasteiger partial charge in [0.05, 0.1) is 0 Å². The summed E-state index contributed by atoms with van der Waals surface area (Å²) in [7, 11) is 0. The van der Waals surface area contributed by atoms with Gasteiger partial charge in [-0.15, -0.1) is 0 Å². The van der Waals surface area contributed by atoms with Crippen LogP contribution in [-0.4, -0.2) is 42.8 Å². The van der Waals surface area contributed by atoms with Crippen molar-refractivity contribution < 1.29 is 9.53 Å². The van der Waals surface area contributed by atoms with Crippen LogP contribution in [0.5, 0.6) is 0 Å². The van der Waals surface area contributed by atoms with Gasteiger partial charge in [0.25, 0.3) is 0 Å². The SMILES string of the molecule is CC(C)(C)OC(=O)N1CCCCCCCNCCC1. The summed E-state index contributed by atoms with van der Waals surface area (Å²) in [6, 6.07) is 0. The van der Waals surface area contributed by atoms with Crippen molar-refractivity contribution in [3.05, 3.63) is 0 Å². The molecule has 1 saturated heterocycles. The van der Waals surface area contributed by atoms with Gasteiger partial charge in [-0.2, -0.15) is 0 Å². The van der Waals surface area contributed by atoms with Gasteiger partial charge in [0, 0.05) is 13.1 Å². The molecule has 0 aliphatic carbocycles. The van der Waals surface area contributed by atoms with Crippen LogP contribution in [0.25, 0.3) is 0 Å². The van der Waals surface area contributed by atoms with Crippen LogP contribution < -0.4 is 5.32 Å². The summed E-state index contributed by atoms with van der Waals surface area (Å²) in [6.45, 7) is 9.47. The molecular formula is C15H30N2O2. The average molecular weight is 270 g/mol. The minimum Gasteiger partial charge on any atom is -0.444 e. The molecule has 4 heteroatoms. The lowest BCUT2D eigenvalue weighted by molar-refractivity contribution is 0.0244. The highest BCUT2D eigenvalue weighted by Crippen LogP contribution is 2.12. The Bertz CT molecular complexity index is 249. The second-order valence-corrected chi connectivity index (χ2v) is 6.34. The Labute approximate surface area is 117 Å². The van der Waals surface area contributed by atoms with E-state index in [4.69, 9.17) is 4.74 Å². The van der Waals surface area contributed by atoms with Crippen LogP contribution in [0.1, 0.15) is 59.3 Å². The number of carbonyl (C=O) groups is 1. The largest absolute Gasteiger partial charge is 0.444 e. The average Bonchev–Trinajstić information content (AvgIpc) is 2.27. The third-order valence-electron chi connectivity index (χ3n) is 3.21. The van der Waals surface area contributed by atoms with E-state index < -0.39 is 5.60 Å². The minimum absolute atomic E-state index is 0.162. The second kappa shape index (κ2) is 8.41. The summed E-state index contributed by atoms with van der Waals surface area (Å²) < 4.78 is 5.47. The molecule has 112 valence electrons. The van der Waals surface area contributed by atoms with Crippen LogP contribution in [0.4, 0.5) is 4.79 Å². The van der Waals surface area contributed by atoms with Gasteiger partial charge in [0.1, 0.15) is 5.60 Å². The fourth-order valence-corrected chi connectivity index (χ4v) is 2.22. The molecule has 0 spiro atoms. The van der Waals surface area contributed by atoms with Crippen molar-refractivity contribution in [2.24, 2.45) is 0 Å². The second-order valence-electron chi connectivity index (χ2n) is 6.34. The summed E-state index contributed by atoms with van der Waals surface area (Å²) in [4.78, 5) is 14.0. The Hall–Kier alpha value is -0.770. The van der Waals surface area contributed by atoms with Gasteiger partial charge in [0.2, 0.25) is 0 Å². The maximum atomic E-state index is 12.1. The molecule has 0 aromatic heterocycles. The first-order valence-corrected chi connectivity index (χ1v) is 7.68. The molecule has 1 heterocycles. The Morgan fingerprint density at radius 1 is 0.947 bits per heavy atom. The highest BCUT2D eigenvalue weighted by molar-refractivity contribution is 5.68. The summed E-state index contributed by atoms with van der Waals surface area (Å²) in [6.07, 6.45) is 6.97. The van der Waals surface area contributed by atoms with Crippen molar-refractivity contribution in [2.45, 2.75) is 64.9 Å². The van der Waals surface area contributed by atoms with E-state index >= 15 is 0 Å². The lowest BCUT2D eigenvalue weighted by Crippen LogP contribution is -2.39. The molecule has 1 fully saturated rings. The number of nitrogens with one attached hydrogen (secondary N) is 1. The molecule has 1 aliphatic heterocycles. The van der Waals surface area contributed by atoms with Gasteiger partial charge < -0.3 is 15.0 Å². The highest BCUT2D eigenvalue weighted by atomic mass is 16.6. The molecule has 0 radical (unpaired) electrons. The fraction of sp³-hybridized carbons (Fsp3) is 0.933. The Kier molecular flexibility index (Phi) is 7.21. The first kappa shape index (κ1) is 16.3. The summed E-state index contributed by atoms with van der Waals surface area (Å²) in [5, 5.41) is 3.43. The van der Waals surface area contributed by atoms with Crippen molar-refractivity contribution in [1.29, 1.82) is 0 Å². The number of hydrogen-bond donors (Lipinski definition) is 1. The molecular weight excluding hydrogens is 240 g/mol. The molecule has 0 unspecified atom stereocenters. The highest BCUT2D eigenvalue weighted by Gasteiger charge is 2.21. The van der Waals surface area contributed by atoms with Crippen molar-refractivity contribution in [1.82, 2.24) is 10.2 Å². The van der Waals surface area contributed by atoms with E-state index in [1.807, 2.05) is 25.7 Å². The number of nitrogens with zero attached hydrogens (tertiary/aromatic N) is 1. The monoisotopic (exact) mass is 270 g/mol. The molecule has 4 nitrogen and oxygen atoms in total. The Morgan fingerprint density at radius 3 is 2.26 bits per heavy atom. The third-order valence-corrected chi connectivity index (χ3v) is 3.21. The fourth-order valence-electron chi connectivity index (χ4n) is 2.22. The van der Waals surface area contributed by atoms with Gasteiger partial charge in [-0.3, -0.25) is 0 Å². The number of carbonyl (C=O) groups excluding carboxylic acids is 1. The van der Waals surface area contributed by atoms with E-state index in [0.29, 0.717) is 0 Å². The molecule has 0 bridgehead atoms. The number of ether oxygens (including phenoxy) is 1. The Balaban J connectivity index is 2.44. The lowest BCUT2D eigenvalue weighted by Gasteiger charge is -2.27. The first-order chi connectivity index (χ1) is 8.99. The van der Waals surface area contributed by atoms with Crippen LogP contribution in [-0.2, 0) is 4.74 Å². The minimum atomic E-state index is -0.404. The maximum absolute atomic E-state index is 12.1. The van der Waals surface area contributed by atoms with E-state index in [0.717, 1.165) is 39.0 Å². The third kappa shape index (κ3) is 8.09. The smallest absolute Gasteiger partial charge is 0.410 e. The predicted octanol–water partition coefficient (Wildman–Crippen LogP) is 3.17. The van der Waals surface area contributed by atoms with Crippen molar-refractivity contribution in [3.8, 4) is 0 Å². The molecule has 1 aliphatic rings. The van der Waals surface area contributed by atoms with Crippen molar-refractivity contribution in [2.75, 3.05) is 26.2 Å². The zero-order chi connectivity index (χ0) is 14.1. The molecule has 1 N–H and O–H groups in total. The van der Waals surface area contributed by atoms with E-state index in [1.54, 1.807) is 0 Å². The van der Waals surface area contributed by atoms with Gasteiger partial charge in [-0.1, -0.05) is 19.3 Å².